The molecule has 1 heterocycles. The van der Waals surface area contributed by atoms with Crippen LogP contribution in [0.1, 0.15) is 34.1 Å². The third kappa shape index (κ3) is 3.00. The highest BCUT2D eigenvalue weighted by Gasteiger charge is 2.46. The summed E-state index contributed by atoms with van der Waals surface area (Å²) in [4.78, 5) is 36.3. The summed E-state index contributed by atoms with van der Waals surface area (Å²) in [5.41, 5.74) is -0.677. The lowest BCUT2D eigenvalue weighted by atomic mass is 10.2. The Morgan fingerprint density at radius 3 is 2.33 bits per heavy atom. The Bertz CT molecular complexity index is 371. The maximum Gasteiger partial charge on any atom is 0.411 e. The van der Waals surface area contributed by atoms with Crippen molar-refractivity contribution in [1.82, 2.24) is 4.90 Å². The Balaban J connectivity index is 2.91. The molecule has 2 atom stereocenters. The molecule has 0 saturated carbocycles. The van der Waals surface area contributed by atoms with E-state index in [1.165, 1.54) is 7.11 Å². The summed E-state index contributed by atoms with van der Waals surface area (Å²) in [6, 6.07) is -1.55. The topological polar surface area (TPSA) is 72.9 Å². The lowest BCUT2D eigenvalue weighted by Crippen LogP contribution is -2.47. The predicted octanol–water partition coefficient (Wildman–Crippen LogP) is 1.13. The maximum absolute atomic E-state index is 12.0. The molecule has 1 aliphatic rings. The summed E-state index contributed by atoms with van der Waals surface area (Å²) in [7, 11) is 1.23. The minimum absolute atomic E-state index is 0.0208. The number of hydrogen-bond acceptors (Lipinski definition) is 5. The van der Waals surface area contributed by atoms with E-state index in [1.54, 1.807) is 27.7 Å². The van der Waals surface area contributed by atoms with Gasteiger partial charge in [0.25, 0.3) is 0 Å². The molecule has 1 fully saturated rings. The molecular weight excluding hydrogens is 238 g/mol. The van der Waals surface area contributed by atoms with Gasteiger partial charge in [0.05, 0.1) is 13.2 Å². The van der Waals surface area contributed by atoms with Crippen molar-refractivity contribution in [3.05, 3.63) is 0 Å². The van der Waals surface area contributed by atoms with Gasteiger partial charge in [-0.25, -0.2) is 9.59 Å². The van der Waals surface area contributed by atoms with Crippen molar-refractivity contribution >= 4 is 17.8 Å². The first kappa shape index (κ1) is 14.5. The summed E-state index contributed by atoms with van der Waals surface area (Å²) >= 11 is 0. The van der Waals surface area contributed by atoms with Crippen molar-refractivity contribution < 1.29 is 23.9 Å². The number of hydrogen-bond donors (Lipinski definition) is 0. The van der Waals surface area contributed by atoms with Gasteiger partial charge in [0.2, 0.25) is 0 Å². The second-order valence-electron chi connectivity index (χ2n) is 5.27. The number of carbonyl (C=O) groups is 3. The number of ether oxygens (including phenoxy) is 2. The van der Waals surface area contributed by atoms with Crippen molar-refractivity contribution in [2.75, 3.05) is 7.11 Å². The second kappa shape index (κ2) is 4.96. The van der Waals surface area contributed by atoms with E-state index < -0.39 is 29.7 Å². The molecule has 102 valence electrons. The highest BCUT2D eigenvalue weighted by Crippen LogP contribution is 2.24. The number of amides is 1. The molecule has 0 radical (unpaired) electrons. The molecule has 0 N–H and O–H groups in total. The van der Waals surface area contributed by atoms with Crippen molar-refractivity contribution in [2.45, 2.75) is 51.8 Å². The molecule has 1 amide bonds. The summed E-state index contributed by atoms with van der Waals surface area (Å²) in [6.07, 6.45) is -0.691. The minimum Gasteiger partial charge on any atom is -0.467 e. The SMILES string of the molecule is COC(=O)C1CC(=O)C(C)N1C(=O)OC(C)(C)C. The van der Waals surface area contributed by atoms with Gasteiger partial charge in [-0.1, -0.05) is 0 Å². The molecule has 1 aliphatic heterocycles. The zero-order chi connectivity index (χ0) is 14.1. The van der Waals surface area contributed by atoms with Gasteiger partial charge in [-0.05, 0) is 27.7 Å². The molecule has 0 aromatic rings. The minimum atomic E-state index is -0.882. The van der Waals surface area contributed by atoms with Gasteiger partial charge in [0.15, 0.2) is 5.78 Å². The quantitative estimate of drug-likeness (QED) is 0.658. The van der Waals surface area contributed by atoms with E-state index in [-0.39, 0.29) is 12.2 Å². The number of likely N-dealkylation sites (tertiary alicyclic amines) is 1. The van der Waals surface area contributed by atoms with Crippen LogP contribution >= 0.6 is 0 Å². The van der Waals surface area contributed by atoms with Crippen molar-refractivity contribution in [1.29, 1.82) is 0 Å². The molecule has 0 bridgehead atoms. The van der Waals surface area contributed by atoms with Crippen molar-refractivity contribution in [3.8, 4) is 0 Å². The molecule has 1 rings (SSSR count). The fourth-order valence-corrected chi connectivity index (χ4v) is 1.82. The number of methoxy groups -OCH3 is 1. The standard InChI is InChI=1S/C12H19NO5/c1-7-9(14)6-8(10(15)17-5)13(7)11(16)18-12(2,3)4/h7-8H,6H2,1-5H3. The van der Waals surface area contributed by atoms with Crippen LogP contribution in [-0.2, 0) is 19.1 Å². The first-order valence-electron chi connectivity index (χ1n) is 5.79. The molecule has 18 heavy (non-hydrogen) atoms. The summed E-state index contributed by atoms with van der Waals surface area (Å²) in [5.74, 6) is -0.769. The fraction of sp³-hybridized carbons (Fsp3) is 0.750. The molecule has 0 aliphatic carbocycles. The van der Waals surface area contributed by atoms with Crippen LogP contribution in [-0.4, -0.2) is 47.5 Å². The first-order valence-corrected chi connectivity index (χ1v) is 5.79. The number of Topliss-reactive ketones (excluding diaryl/α,β-unsaturated/α-hetero) is 1. The normalized spacial score (nSPS) is 24.1. The van der Waals surface area contributed by atoms with Crippen molar-refractivity contribution in [2.24, 2.45) is 0 Å². The monoisotopic (exact) mass is 257 g/mol. The average molecular weight is 257 g/mol. The molecule has 1 saturated heterocycles. The average Bonchev–Trinajstić information content (AvgIpc) is 2.52. The largest absolute Gasteiger partial charge is 0.467 e. The van der Waals surface area contributed by atoms with E-state index in [9.17, 15) is 14.4 Å². The van der Waals surface area contributed by atoms with E-state index >= 15 is 0 Å². The van der Waals surface area contributed by atoms with Crippen LogP contribution in [0.5, 0.6) is 0 Å². The van der Waals surface area contributed by atoms with Gasteiger partial charge in [0, 0.05) is 6.42 Å². The van der Waals surface area contributed by atoms with Crippen LogP contribution in [0.2, 0.25) is 0 Å². The lowest BCUT2D eigenvalue weighted by molar-refractivity contribution is -0.146. The fourth-order valence-electron chi connectivity index (χ4n) is 1.82. The number of ketones is 1. The molecule has 6 heteroatoms. The lowest BCUT2D eigenvalue weighted by Gasteiger charge is -2.29. The van der Waals surface area contributed by atoms with Crippen LogP contribution in [0.25, 0.3) is 0 Å². The zero-order valence-electron chi connectivity index (χ0n) is 11.4. The summed E-state index contributed by atoms with van der Waals surface area (Å²) in [5, 5.41) is 0. The van der Waals surface area contributed by atoms with Crippen LogP contribution < -0.4 is 0 Å². The van der Waals surface area contributed by atoms with E-state index in [2.05, 4.69) is 4.74 Å². The third-order valence-corrected chi connectivity index (χ3v) is 2.69. The van der Waals surface area contributed by atoms with Gasteiger partial charge < -0.3 is 9.47 Å². The maximum atomic E-state index is 12.0. The summed E-state index contributed by atoms with van der Waals surface area (Å²) < 4.78 is 9.79. The molecule has 0 spiro atoms. The van der Waals surface area contributed by atoms with E-state index in [4.69, 9.17) is 4.74 Å². The van der Waals surface area contributed by atoms with Gasteiger partial charge in [-0.3, -0.25) is 9.69 Å². The van der Waals surface area contributed by atoms with E-state index in [0.29, 0.717) is 0 Å². The Hall–Kier alpha value is -1.59. The first-order chi connectivity index (χ1) is 8.17. The summed E-state index contributed by atoms with van der Waals surface area (Å²) in [6.45, 7) is 6.75. The predicted molar refractivity (Wildman–Crippen MR) is 63.0 cm³/mol. The molecular formula is C12H19NO5. The van der Waals surface area contributed by atoms with E-state index in [1.807, 2.05) is 0 Å². The number of rotatable bonds is 1. The highest BCUT2D eigenvalue weighted by molar-refractivity contribution is 5.97. The van der Waals surface area contributed by atoms with Gasteiger partial charge in [-0.15, -0.1) is 0 Å². The zero-order valence-corrected chi connectivity index (χ0v) is 11.4. The number of esters is 1. The number of carbonyl (C=O) groups excluding carboxylic acids is 3. The van der Waals surface area contributed by atoms with Crippen LogP contribution in [0.15, 0.2) is 0 Å². The Labute approximate surface area is 106 Å². The van der Waals surface area contributed by atoms with Crippen LogP contribution in [0.4, 0.5) is 4.79 Å². The molecule has 0 aromatic heterocycles. The Morgan fingerprint density at radius 1 is 1.33 bits per heavy atom. The second-order valence-corrected chi connectivity index (χ2v) is 5.27. The van der Waals surface area contributed by atoms with E-state index in [0.717, 1.165) is 4.90 Å². The van der Waals surface area contributed by atoms with Gasteiger partial charge >= 0.3 is 12.1 Å². The molecule has 0 aromatic carbocycles. The van der Waals surface area contributed by atoms with Crippen LogP contribution in [0.3, 0.4) is 0 Å². The Kier molecular flexibility index (Phi) is 3.98. The number of nitrogens with zero attached hydrogens (tertiary/aromatic N) is 1. The molecule has 2 unspecified atom stereocenters. The Morgan fingerprint density at radius 2 is 1.89 bits per heavy atom. The highest BCUT2D eigenvalue weighted by atomic mass is 16.6. The third-order valence-electron chi connectivity index (χ3n) is 2.69. The van der Waals surface area contributed by atoms with Gasteiger partial charge in [-0.2, -0.15) is 0 Å². The molecule has 6 nitrogen and oxygen atoms in total. The van der Waals surface area contributed by atoms with Crippen molar-refractivity contribution in [3.63, 3.8) is 0 Å². The van der Waals surface area contributed by atoms with Gasteiger partial charge in [0.1, 0.15) is 11.6 Å². The smallest absolute Gasteiger partial charge is 0.411 e. The van der Waals surface area contributed by atoms with Crippen LogP contribution in [0, 0.1) is 0 Å².